The van der Waals surface area contributed by atoms with Crippen LogP contribution in [0.3, 0.4) is 0 Å². The van der Waals surface area contributed by atoms with Gasteiger partial charge in [0.05, 0.1) is 5.25 Å². The summed E-state index contributed by atoms with van der Waals surface area (Å²) in [5.41, 5.74) is 1.09. The predicted molar refractivity (Wildman–Crippen MR) is 86.3 cm³/mol. The van der Waals surface area contributed by atoms with Crippen molar-refractivity contribution in [3.05, 3.63) is 29.6 Å². The highest BCUT2D eigenvalue weighted by atomic mass is 32.2. The Morgan fingerprint density at radius 3 is 2.90 bits per heavy atom. The lowest BCUT2D eigenvalue weighted by molar-refractivity contribution is 0.453. The normalized spacial score (nSPS) is 23.9. The first-order valence-electron chi connectivity index (χ1n) is 6.95. The van der Waals surface area contributed by atoms with Gasteiger partial charge in [-0.25, -0.2) is 8.42 Å². The Labute approximate surface area is 123 Å². The van der Waals surface area contributed by atoms with Gasteiger partial charge < -0.3 is 5.32 Å². The van der Waals surface area contributed by atoms with Crippen molar-refractivity contribution in [3.8, 4) is 0 Å². The van der Waals surface area contributed by atoms with Crippen molar-refractivity contribution in [1.29, 1.82) is 0 Å². The highest BCUT2D eigenvalue weighted by Gasteiger charge is 2.28. The first kappa shape index (κ1) is 13.9. The van der Waals surface area contributed by atoms with Gasteiger partial charge in [0, 0.05) is 22.7 Å². The summed E-state index contributed by atoms with van der Waals surface area (Å²) in [5.74, 6) is 0. The summed E-state index contributed by atoms with van der Waals surface area (Å²) in [7, 11) is -2.92. The maximum absolute atomic E-state index is 11.7. The van der Waals surface area contributed by atoms with E-state index in [0.717, 1.165) is 31.4 Å². The molecular formula is C15H19NO2S2. The zero-order valence-corrected chi connectivity index (χ0v) is 13.1. The molecule has 0 aliphatic heterocycles. The Morgan fingerprint density at radius 2 is 2.10 bits per heavy atom. The number of anilines is 1. The molecule has 1 N–H and O–H groups in total. The highest BCUT2D eigenvalue weighted by Crippen LogP contribution is 2.28. The van der Waals surface area contributed by atoms with Crippen LogP contribution in [0.2, 0.25) is 0 Å². The molecule has 1 heterocycles. The van der Waals surface area contributed by atoms with E-state index in [1.807, 2.05) is 0 Å². The number of benzene rings is 1. The molecule has 1 saturated carbocycles. The first-order chi connectivity index (χ1) is 9.52. The van der Waals surface area contributed by atoms with E-state index in [-0.39, 0.29) is 11.3 Å². The number of thiophene rings is 1. The third-order valence-electron chi connectivity index (χ3n) is 4.05. The highest BCUT2D eigenvalue weighted by molar-refractivity contribution is 7.91. The predicted octanol–water partition coefficient (Wildman–Crippen LogP) is 3.67. The largest absolute Gasteiger partial charge is 0.382 e. The van der Waals surface area contributed by atoms with Crippen molar-refractivity contribution in [2.75, 3.05) is 11.6 Å². The zero-order valence-electron chi connectivity index (χ0n) is 11.5. The van der Waals surface area contributed by atoms with Gasteiger partial charge in [0.25, 0.3) is 0 Å². The molecule has 1 aromatic carbocycles. The van der Waals surface area contributed by atoms with Gasteiger partial charge in [-0.2, -0.15) is 0 Å². The Morgan fingerprint density at radius 1 is 1.25 bits per heavy atom. The van der Waals surface area contributed by atoms with Crippen molar-refractivity contribution in [1.82, 2.24) is 0 Å². The maximum Gasteiger partial charge on any atom is 0.150 e. The van der Waals surface area contributed by atoms with Crippen LogP contribution in [-0.4, -0.2) is 26.0 Å². The molecular weight excluding hydrogens is 290 g/mol. The fraction of sp³-hybridized carbons (Fsp3) is 0.467. The van der Waals surface area contributed by atoms with E-state index < -0.39 is 9.84 Å². The Bertz CT molecular complexity index is 705. The van der Waals surface area contributed by atoms with Crippen LogP contribution in [0, 0.1) is 0 Å². The topological polar surface area (TPSA) is 46.2 Å². The summed E-state index contributed by atoms with van der Waals surface area (Å²) < 4.78 is 24.7. The number of rotatable bonds is 3. The number of nitrogens with one attached hydrogen (secondary N) is 1. The summed E-state index contributed by atoms with van der Waals surface area (Å²) in [6, 6.07) is 8.74. The molecule has 1 aliphatic carbocycles. The maximum atomic E-state index is 11.7. The van der Waals surface area contributed by atoms with Crippen molar-refractivity contribution in [2.45, 2.75) is 37.0 Å². The molecule has 2 aromatic rings. The van der Waals surface area contributed by atoms with E-state index in [4.69, 9.17) is 0 Å². The van der Waals surface area contributed by atoms with Gasteiger partial charge >= 0.3 is 0 Å². The van der Waals surface area contributed by atoms with Gasteiger partial charge in [-0.1, -0.05) is 6.42 Å². The lowest BCUT2D eigenvalue weighted by Crippen LogP contribution is -2.34. The van der Waals surface area contributed by atoms with Gasteiger partial charge in [-0.15, -0.1) is 11.3 Å². The van der Waals surface area contributed by atoms with Crippen LogP contribution in [0.15, 0.2) is 29.6 Å². The minimum atomic E-state index is -2.92. The van der Waals surface area contributed by atoms with E-state index in [1.165, 1.54) is 16.3 Å². The molecule has 1 aliphatic rings. The first-order valence-corrected chi connectivity index (χ1v) is 9.78. The molecule has 0 amide bonds. The molecule has 1 aromatic heterocycles. The molecule has 2 unspecified atom stereocenters. The molecule has 0 bridgehead atoms. The van der Waals surface area contributed by atoms with Crippen LogP contribution in [0.1, 0.15) is 25.7 Å². The fourth-order valence-electron chi connectivity index (χ4n) is 2.96. The summed E-state index contributed by atoms with van der Waals surface area (Å²) in [6.07, 6.45) is 4.92. The molecule has 0 saturated heterocycles. The number of hydrogen-bond acceptors (Lipinski definition) is 4. The molecule has 20 heavy (non-hydrogen) atoms. The van der Waals surface area contributed by atoms with Crippen LogP contribution in [-0.2, 0) is 9.84 Å². The monoisotopic (exact) mass is 309 g/mol. The fourth-order valence-corrected chi connectivity index (χ4v) is 4.90. The molecule has 3 nitrogen and oxygen atoms in total. The Hall–Kier alpha value is -1.07. The van der Waals surface area contributed by atoms with Crippen LogP contribution in [0.4, 0.5) is 5.69 Å². The summed E-state index contributed by atoms with van der Waals surface area (Å²) in [5, 5.41) is 6.66. The number of sulfone groups is 1. The number of hydrogen-bond donors (Lipinski definition) is 1. The van der Waals surface area contributed by atoms with Crippen LogP contribution in [0.25, 0.3) is 10.1 Å². The lowest BCUT2D eigenvalue weighted by atomic mass is 9.94. The molecule has 0 spiro atoms. The minimum absolute atomic E-state index is 0.182. The molecule has 5 heteroatoms. The van der Waals surface area contributed by atoms with E-state index in [9.17, 15) is 8.42 Å². The molecule has 1 fully saturated rings. The smallest absolute Gasteiger partial charge is 0.150 e. The quantitative estimate of drug-likeness (QED) is 0.941. The van der Waals surface area contributed by atoms with Crippen molar-refractivity contribution < 1.29 is 8.42 Å². The van der Waals surface area contributed by atoms with E-state index in [0.29, 0.717) is 0 Å². The summed E-state index contributed by atoms with van der Waals surface area (Å²) in [4.78, 5) is 0. The third-order valence-corrected chi connectivity index (χ3v) is 6.59. The average Bonchev–Trinajstić information content (AvgIpc) is 2.85. The van der Waals surface area contributed by atoms with Crippen molar-refractivity contribution in [2.24, 2.45) is 0 Å². The van der Waals surface area contributed by atoms with Crippen LogP contribution >= 0.6 is 11.3 Å². The van der Waals surface area contributed by atoms with Crippen molar-refractivity contribution in [3.63, 3.8) is 0 Å². The van der Waals surface area contributed by atoms with Gasteiger partial charge in [-0.05, 0) is 54.3 Å². The van der Waals surface area contributed by atoms with Gasteiger partial charge in [0.15, 0.2) is 0 Å². The second-order valence-corrected chi connectivity index (χ2v) is 8.91. The number of fused-ring (bicyclic) bond motifs is 1. The summed E-state index contributed by atoms with van der Waals surface area (Å²) >= 11 is 1.74. The standard InChI is InChI=1S/C15H19NO2S2/c1-20(17,18)14-4-2-3-12(10-14)16-13-5-6-15-11(9-13)7-8-19-15/h5-9,12,14,16H,2-4,10H2,1H3. The van der Waals surface area contributed by atoms with Gasteiger partial charge in [-0.3, -0.25) is 0 Å². The molecule has 3 rings (SSSR count). The van der Waals surface area contributed by atoms with Crippen LogP contribution < -0.4 is 5.32 Å². The van der Waals surface area contributed by atoms with E-state index in [2.05, 4.69) is 35.0 Å². The zero-order chi connectivity index (χ0) is 14.2. The van der Waals surface area contributed by atoms with E-state index >= 15 is 0 Å². The van der Waals surface area contributed by atoms with E-state index in [1.54, 1.807) is 11.3 Å². The lowest BCUT2D eigenvalue weighted by Gasteiger charge is -2.29. The third kappa shape index (κ3) is 2.99. The van der Waals surface area contributed by atoms with Crippen LogP contribution in [0.5, 0.6) is 0 Å². The Balaban J connectivity index is 1.73. The Kier molecular flexibility index (Phi) is 3.73. The SMILES string of the molecule is CS(=O)(=O)C1CCCC(Nc2ccc3sccc3c2)C1. The molecule has 108 valence electrons. The second kappa shape index (κ2) is 5.37. The van der Waals surface area contributed by atoms with Crippen molar-refractivity contribution >= 4 is 36.9 Å². The summed E-state index contributed by atoms with van der Waals surface area (Å²) in [6.45, 7) is 0. The molecule has 0 radical (unpaired) electrons. The van der Waals surface area contributed by atoms with Gasteiger partial charge in [0.2, 0.25) is 0 Å². The average molecular weight is 309 g/mol. The minimum Gasteiger partial charge on any atom is -0.382 e. The second-order valence-electron chi connectivity index (χ2n) is 5.63. The molecule has 2 atom stereocenters. The van der Waals surface area contributed by atoms with Gasteiger partial charge in [0.1, 0.15) is 9.84 Å².